The molecule has 1 aliphatic heterocycles. The van der Waals surface area contributed by atoms with E-state index < -0.39 is 0 Å². The molecular weight excluding hydrogens is 266 g/mol. The van der Waals surface area contributed by atoms with Crippen LogP contribution in [0.25, 0.3) is 23.3 Å². The van der Waals surface area contributed by atoms with E-state index in [4.69, 9.17) is 13.9 Å². The maximum Gasteiger partial charge on any atom is 0.220 e. The van der Waals surface area contributed by atoms with Crippen LogP contribution in [0.5, 0.6) is 11.5 Å². The Balaban J connectivity index is 1.62. The molecule has 4 heteroatoms. The second kappa shape index (κ2) is 4.98. The van der Waals surface area contributed by atoms with Gasteiger partial charge in [0, 0.05) is 6.08 Å². The van der Waals surface area contributed by atoms with Gasteiger partial charge < -0.3 is 13.9 Å². The Kier molecular flexibility index (Phi) is 2.85. The van der Waals surface area contributed by atoms with Gasteiger partial charge in [-0.2, -0.15) is 0 Å². The number of ether oxygens (including phenoxy) is 2. The van der Waals surface area contributed by atoms with Crippen molar-refractivity contribution in [3.05, 3.63) is 53.9 Å². The molecule has 0 radical (unpaired) electrons. The van der Waals surface area contributed by atoms with Crippen LogP contribution in [0.2, 0.25) is 0 Å². The number of hydrogen-bond donors (Lipinski definition) is 0. The lowest BCUT2D eigenvalue weighted by molar-refractivity contribution is 0.171. The van der Waals surface area contributed by atoms with Gasteiger partial charge in [0.25, 0.3) is 0 Å². The van der Waals surface area contributed by atoms with Gasteiger partial charge in [0.1, 0.15) is 18.7 Å². The van der Waals surface area contributed by atoms with Gasteiger partial charge in [-0.25, -0.2) is 4.98 Å². The van der Waals surface area contributed by atoms with Gasteiger partial charge in [0.2, 0.25) is 5.89 Å². The predicted octanol–water partition coefficient (Wildman–Crippen LogP) is 3.77. The summed E-state index contributed by atoms with van der Waals surface area (Å²) in [5, 5.41) is 0. The van der Waals surface area contributed by atoms with Crippen molar-refractivity contribution < 1.29 is 13.9 Å². The fourth-order valence-electron chi connectivity index (χ4n) is 2.29. The quantitative estimate of drug-likeness (QED) is 0.716. The molecule has 0 aliphatic carbocycles. The van der Waals surface area contributed by atoms with Crippen LogP contribution in [-0.2, 0) is 0 Å². The predicted molar refractivity (Wildman–Crippen MR) is 80.4 cm³/mol. The molecule has 0 fully saturated rings. The van der Waals surface area contributed by atoms with Crippen LogP contribution in [0, 0.1) is 0 Å². The third-order valence-electron chi connectivity index (χ3n) is 3.30. The molecular formula is C17H13NO3. The summed E-state index contributed by atoms with van der Waals surface area (Å²) in [5.74, 6) is 2.16. The molecule has 4 rings (SSSR count). The highest BCUT2D eigenvalue weighted by molar-refractivity contribution is 5.76. The maximum absolute atomic E-state index is 5.65. The molecule has 0 N–H and O–H groups in total. The molecule has 0 amide bonds. The molecule has 0 spiro atoms. The minimum atomic E-state index is 0.589. The van der Waals surface area contributed by atoms with Crippen LogP contribution in [0.3, 0.4) is 0 Å². The normalized spacial score (nSPS) is 13.9. The number of hydrogen-bond acceptors (Lipinski definition) is 4. The molecule has 1 aromatic heterocycles. The Labute approximate surface area is 121 Å². The minimum absolute atomic E-state index is 0.589. The first-order valence-corrected chi connectivity index (χ1v) is 6.82. The van der Waals surface area contributed by atoms with Gasteiger partial charge in [0.05, 0.1) is 0 Å². The number of para-hydroxylation sites is 2. The molecule has 0 saturated carbocycles. The third kappa shape index (κ3) is 2.36. The molecule has 1 aliphatic rings. The zero-order chi connectivity index (χ0) is 14.1. The summed E-state index contributed by atoms with van der Waals surface area (Å²) >= 11 is 0. The molecule has 2 heterocycles. The summed E-state index contributed by atoms with van der Waals surface area (Å²) in [6.07, 6.45) is 3.80. The monoisotopic (exact) mass is 279 g/mol. The summed E-state index contributed by atoms with van der Waals surface area (Å²) in [5.41, 5.74) is 2.67. The van der Waals surface area contributed by atoms with E-state index >= 15 is 0 Å². The Bertz CT molecular complexity index is 787. The van der Waals surface area contributed by atoms with Gasteiger partial charge in [-0.15, -0.1) is 0 Å². The third-order valence-corrected chi connectivity index (χ3v) is 3.30. The van der Waals surface area contributed by atoms with Crippen molar-refractivity contribution in [2.75, 3.05) is 13.2 Å². The average molecular weight is 279 g/mol. The minimum Gasteiger partial charge on any atom is -0.486 e. The molecule has 0 bridgehead atoms. The van der Waals surface area contributed by atoms with Crippen molar-refractivity contribution in [3.63, 3.8) is 0 Å². The zero-order valence-corrected chi connectivity index (χ0v) is 11.3. The van der Waals surface area contributed by atoms with E-state index in [1.165, 1.54) is 0 Å². The highest BCUT2D eigenvalue weighted by atomic mass is 16.6. The number of benzene rings is 2. The molecule has 2 aromatic carbocycles. The Morgan fingerprint density at radius 2 is 1.76 bits per heavy atom. The van der Waals surface area contributed by atoms with E-state index in [-0.39, 0.29) is 0 Å². The van der Waals surface area contributed by atoms with Crippen LogP contribution >= 0.6 is 0 Å². The second-order valence-corrected chi connectivity index (χ2v) is 4.76. The average Bonchev–Trinajstić information content (AvgIpc) is 2.95. The first-order valence-electron chi connectivity index (χ1n) is 6.82. The molecule has 3 aromatic rings. The molecule has 0 saturated heterocycles. The van der Waals surface area contributed by atoms with Crippen LogP contribution in [0.15, 0.2) is 46.9 Å². The zero-order valence-electron chi connectivity index (χ0n) is 11.3. The molecule has 0 unspecified atom stereocenters. The Morgan fingerprint density at radius 3 is 2.67 bits per heavy atom. The standard InChI is InChI=1S/C17H13NO3/c1-2-4-14-13(3-1)18-17(21-14)8-6-12-5-7-15-16(11-12)20-10-9-19-15/h1-8,11H,9-10H2/b8-6+. The molecule has 21 heavy (non-hydrogen) atoms. The number of oxazole rings is 1. The van der Waals surface area contributed by atoms with Crippen molar-refractivity contribution in [1.29, 1.82) is 0 Å². The van der Waals surface area contributed by atoms with Crippen LogP contribution in [0.4, 0.5) is 0 Å². The lowest BCUT2D eigenvalue weighted by Gasteiger charge is -2.18. The van der Waals surface area contributed by atoms with Gasteiger partial charge in [-0.1, -0.05) is 18.2 Å². The molecule has 0 atom stereocenters. The van der Waals surface area contributed by atoms with Crippen LogP contribution < -0.4 is 9.47 Å². The summed E-state index contributed by atoms with van der Waals surface area (Å²) in [6.45, 7) is 1.19. The first kappa shape index (κ1) is 12.0. The van der Waals surface area contributed by atoms with Crippen LogP contribution in [0.1, 0.15) is 11.5 Å². The van der Waals surface area contributed by atoms with E-state index in [1.54, 1.807) is 0 Å². The van der Waals surface area contributed by atoms with Crippen molar-refractivity contribution >= 4 is 23.3 Å². The summed E-state index contributed by atoms with van der Waals surface area (Å²) in [4.78, 5) is 4.41. The fraction of sp³-hybridized carbons (Fsp3) is 0.118. The lowest BCUT2D eigenvalue weighted by Crippen LogP contribution is -2.15. The second-order valence-electron chi connectivity index (χ2n) is 4.76. The van der Waals surface area contributed by atoms with Crippen LogP contribution in [-0.4, -0.2) is 18.2 Å². The van der Waals surface area contributed by atoms with E-state index in [2.05, 4.69) is 4.98 Å². The van der Waals surface area contributed by atoms with Crippen molar-refractivity contribution in [3.8, 4) is 11.5 Å². The van der Waals surface area contributed by atoms with Gasteiger partial charge in [0.15, 0.2) is 17.1 Å². The van der Waals surface area contributed by atoms with Gasteiger partial charge in [-0.3, -0.25) is 0 Å². The maximum atomic E-state index is 5.65. The summed E-state index contributed by atoms with van der Waals surface area (Å²) in [6, 6.07) is 13.6. The SMILES string of the molecule is C(=C\c1nc2ccccc2o1)/c1ccc2c(c1)OCCO2. The highest BCUT2D eigenvalue weighted by Gasteiger charge is 2.10. The smallest absolute Gasteiger partial charge is 0.220 e. The lowest BCUT2D eigenvalue weighted by atomic mass is 10.2. The molecule has 104 valence electrons. The number of aromatic nitrogens is 1. The van der Waals surface area contributed by atoms with E-state index in [0.29, 0.717) is 19.1 Å². The highest BCUT2D eigenvalue weighted by Crippen LogP contribution is 2.31. The fourth-order valence-corrected chi connectivity index (χ4v) is 2.29. The van der Waals surface area contributed by atoms with E-state index in [9.17, 15) is 0 Å². The summed E-state index contributed by atoms with van der Waals surface area (Å²) in [7, 11) is 0. The largest absolute Gasteiger partial charge is 0.486 e. The number of nitrogens with zero attached hydrogens (tertiary/aromatic N) is 1. The van der Waals surface area contributed by atoms with Crippen molar-refractivity contribution in [1.82, 2.24) is 4.98 Å². The number of fused-ring (bicyclic) bond motifs is 2. The first-order chi connectivity index (χ1) is 10.4. The topological polar surface area (TPSA) is 44.5 Å². The molecule has 4 nitrogen and oxygen atoms in total. The van der Waals surface area contributed by atoms with Gasteiger partial charge >= 0.3 is 0 Å². The van der Waals surface area contributed by atoms with Crippen molar-refractivity contribution in [2.24, 2.45) is 0 Å². The Morgan fingerprint density at radius 1 is 0.905 bits per heavy atom. The number of rotatable bonds is 2. The van der Waals surface area contributed by atoms with Gasteiger partial charge in [-0.05, 0) is 35.9 Å². The Hall–Kier alpha value is -2.75. The van der Waals surface area contributed by atoms with Crippen molar-refractivity contribution in [2.45, 2.75) is 0 Å². The summed E-state index contributed by atoms with van der Waals surface area (Å²) < 4.78 is 16.7. The van der Waals surface area contributed by atoms with E-state index in [1.807, 2.05) is 54.6 Å². The van der Waals surface area contributed by atoms with E-state index in [0.717, 1.165) is 28.2 Å².